The first kappa shape index (κ1) is 14.3. The second kappa shape index (κ2) is 5.29. The third-order valence-electron chi connectivity index (χ3n) is 4.11. The van der Waals surface area contributed by atoms with Gasteiger partial charge in [0.15, 0.2) is 5.69 Å². The molecule has 1 amide bonds. The van der Waals surface area contributed by atoms with Crippen LogP contribution in [0.15, 0.2) is 30.3 Å². The summed E-state index contributed by atoms with van der Waals surface area (Å²) < 4.78 is 1.64. The summed E-state index contributed by atoms with van der Waals surface area (Å²) in [6.07, 6.45) is 0. The minimum Gasteiger partial charge on any atom is -0.481 e. The highest BCUT2D eigenvalue weighted by molar-refractivity contribution is 5.93. The SMILES string of the molecule is Cc1cc(C(=O)N2Cc3ccccc3C(C(=O)O)C2)nn1C. The highest BCUT2D eigenvalue weighted by Gasteiger charge is 2.33. The number of nitrogens with zero attached hydrogens (tertiary/aromatic N) is 3. The average Bonchev–Trinajstić information content (AvgIpc) is 2.84. The number of aryl methyl sites for hydroxylation is 2. The Balaban J connectivity index is 1.93. The molecule has 0 spiro atoms. The molecule has 1 aromatic heterocycles. The highest BCUT2D eigenvalue weighted by atomic mass is 16.4. The molecule has 6 heteroatoms. The molecule has 1 aliphatic heterocycles. The van der Waals surface area contributed by atoms with E-state index in [4.69, 9.17) is 0 Å². The molecule has 114 valence electrons. The number of hydrogen-bond donors (Lipinski definition) is 1. The first-order valence-electron chi connectivity index (χ1n) is 7.08. The summed E-state index contributed by atoms with van der Waals surface area (Å²) in [4.78, 5) is 25.7. The van der Waals surface area contributed by atoms with E-state index in [0.29, 0.717) is 12.2 Å². The monoisotopic (exact) mass is 299 g/mol. The molecule has 0 saturated carbocycles. The van der Waals surface area contributed by atoms with Gasteiger partial charge in [-0.05, 0) is 24.1 Å². The summed E-state index contributed by atoms with van der Waals surface area (Å²) in [6, 6.07) is 9.10. The molecule has 2 aromatic rings. The molecule has 1 unspecified atom stereocenters. The number of amides is 1. The van der Waals surface area contributed by atoms with Gasteiger partial charge in [-0.2, -0.15) is 5.10 Å². The third kappa shape index (κ3) is 2.36. The summed E-state index contributed by atoms with van der Waals surface area (Å²) in [7, 11) is 1.78. The largest absolute Gasteiger partial charge is 0.481 e. The maximum absolute atomic E-state index is 12.6. The quantitative estimate of drug-likeness (QED) is 0.913. The van der Waals surface area contributed by atoms with Crippen molar-refractivity contribution in [2.24, 2.45) is 7.05 Å². The number of benzene rings is 1. The Labute approximate surface area is 128 Å². The minimum absolute atomic E-state index is 0.167. The zero-order valence-corrected chi connectivity index (χ0v) is 12.5. The summed E-state index contributed by atoms with van der Waals surface area (Å²) in [5.41, 5.74) is 2.90. The van der Waals surface area contributed by atoms with Gasteiger partial charge in [0, 0.05) is 25.8 Å². The molecule has 1 aliphatic rings. The van der Waals surface area contributed by atoms with Crippen LogP contribution in [0, 0.1) is 6.92 Å². The van der Waals surface area contributed by atoms with E-state index >= 15 is 0 Å². The van der Waals surface area contributed by atoms with E-state index in [-0.39, 0.29) is 12.5 Å². The van der Waals surface area contributed by atoms with Gasteiger partial charge >= 0.3 is 5.97 Å². The van der Waals surface area contributed by atoms with Crippen LogP contribution in [-0.2, 0) is 18.4 Å². The molecule has 0 bridgehead atoms. The van der Waals surface area contributed by atoms with Gasteiger partial charge in [-0.1, -0.05) is 24.3 Å². The molecule has 1 N–H and O–H groups in total. The van der Waals surface area contributed by atoms with Gasteiger partial charge in [0.2, 0.25) is 0 Å². The van der Waals surface area contributed by atoms with Crippen molar-refractivity contribution in [3.05, 3.63) is 52.8 Å². The average molecular weight is 299 g/mol. The summed E-state index contributed by atoms with van der Waals surface area (Å²) in [5, 5.41) is 13.6. The molecule has 0 aliphatic carbocycles. The molecule has 1 aromatic carbocycles. The Bertz CT molecular complexity index is 731. The van der Waals surface area contributed by atoms with Crippen molar-refractivity contribution < 1.29 is 14.7 Å². The third-order valence-corrected chi connectivity index (χ3v) is 4.11. The maximum atomic E-state index is 12.6. The number of carbonyl (C=O) groups is 2. The molecule has 1 atom stereocenters. The van der Waals surface area contributed by atoms with Gasteiger partial charge < -0.3 is 10.0 Å². The number of fused-ring (bicyclic) bond motifs is 1. The lowest BCUT2D eigenvalue weighted by Crippen LogP contribution is -2.40. The zero-order valence-electron chi connectivity index (χ0n) is 12.5. The van der Waals surface area contributed by atoms with Crippen LogP contribution in [0.1, 0.15) is 33.2 Å². The van der Waals surface area contributed by atoms with Crippen LogP contribution < -0.4 is 0 Å². The number of rotatable bonds is 2. The van der Waals surface area contributed by atoms with E-state index in [2.05, 4.69) is 5.10 Å². The number of carboxylic acid groups (broad SMARTS) is 1. The van der Waals surface area contributed by atoms with Crippen LogP contribution in [0.3, 0.4) is 0 Å². The van der Waals surface area contributed by atoms with E-state index in [1.165, 1.54) is 0 Å². The molecule has 0 saturated heterocycles. The van der Waals surface area contributed by atoms with E-state index in [1.807, 2.05) is 31.2 Å². The van der Waals surface area contributed by atoms with Crippen LogP contribution in [0.2, 0.25) is 0 Å². The van der Waals surface area contributed by atoms with Crippen LogP contribution in [-0.4, -0.2) is 38.2 Å². The van der Waals surface area contributed by atoms with Gasteiger partial charge in [-0.3, -0.25) is 14.3 Å². The Hall–Kier alpha value is -2.63. The summed E-state index contributed by atoms with van der Waals surface area (Å²) in [6.45, 7) is 2.45. The van der Waals surface area contributed by atoms with Crippen molar-refractivity contribution in [2.75, 3.05) is 6.54 Å². The normalized spacial score (nSPS) is 17.2. The minimum atomic E-state index is -0.915. The van der Waals surface area contributed by atoms with Crippen molar-refractivity contribution in [1.29, 1.82) is 0 Å². The fraction of sp³-hybridized carbons (Fsp3) is 0.312. The standard InChI is InChI=1S/C16H17N3O3/c1-10-7-14(17-18(10)2)15(20)19-8-11-5-3-4-6-12(11)13(9-19)16(21)22/h3-7,13H,8-9H2,1-2H3,(H,21,22). The van der Waals surface area contributed by atoms with Crippen LogP contribution in [0.4, 0.5) is 0 Å². The van der Waals surface area contributed by atoms with E-state index in [9.17, 15) is 14.7 Å². The predicted octanol–water partition coefficient (Wildman–Crippen LogP) is 1.55. The van der Waals surface area contributed by atoms with E-state index in [0.717, 1.165) is 16.8 Å². The number of carbonyl (C=O) groups excluding carboxylic acids is 1. The first-order chi connectivity index (χ1) is 10.5. The Morgan fingerprint density at radius 3 is 2.68 bits per heavy atom. The Morgan fingerprint density at radius 2 is 2.05 bits per heavy atom. The van der Waals surface area contributed by atoms with E-state index in [1.54, 1.807) is 22.7 Å². The van der Waals surface area contributed by atoms with Gasteiger partial charge in [0.05, 0.1) is 5.92 Å². The Morgan fingerprint density at radius 1 is 1.32 bits per heavy atom. The number of hydrogen-bond acceptors (Lipinski definition) is 3. The lowest BCUT2D eigenvalue weighted by molar-refractivity contribution is -0.139. The van der Waals surface area contributed by atoms with Crippen LogP contribution >= 0.6 is 0 Å². The fourth-order valence-electron chi connectivity index (χ4n) is 2.80. The molecule has 0 fully saturated rings. The van der Waals surface area contributed by atoms with Crippen LogP contribution in [0.5, 0.6) is 0 Å². The van der Waals surface area contributed by atoms with E-state index < -0.39 is 11.9 Å². The summed E-state index contributed by atoms with van der Waals surface area (Å²) in [5.74, 6) is -1.84. The van der Waals surface area contributed by atoms with Crippen LogP contribution in [0.25, 0.3) is 0 Å². The molecule has 3 rings (SSSR count). The van der Waals surface area contributed by atoms with Gasteiger partial charge in [-0.15, -0.1) is 0 Å². The zero-order chi connectivity index (χ0) is 15.9. The second-order valence-electron chi connectivity index (χ2n) is 5.57. The lowest BCUT2D eigenvalue weighted by Gasteiger charge is -2.32. The fourth-order valence-corrected chi connectivity index (χ4v) is 2.80. The molecule has 22 heavy (non-hydrogen) atoms. The second-order valence-corrected chi connectivity index (χ2v) is 5.57. The molecular weight excluding hydrogens is 282 g/mol. The molecule has 2 heterocycles. The maximum Gasteiger partial charge on any atom is 0.312 e. The van der Waals surface area contributed by atoms with Crippen molar-refractivity contribution in [3.8, 4) is 0 Å². The molecular formula is C16H17N3O3. The smallest absolute Gasteiger partial charge is 0.312 e. The van der Waals surface area contributed by atoms with Crippen molar-refractivity contribution >= 4 is 11.9 Å². The molecule has 6 nitrogen and oxygen atoms in total. The molecule has 0 radical (unpaired) electrons. The Kier molecular flexibility index (Phi) is 3.44. The highest BCUT2D eigenvalue weighted by Crippen LogP contribution is 2.29. The lowest BCUT2D eigenvalue weighted by atomic mass is 9.89. The number of aromatic nitrogens is 2. The van der Waals surface area contributed by atoms with Crippen molar-refractivity contribution in [3.63, 3.8) is 0 Å². The van der Waals surface area contributed by atoms with Gasteiger partial charge in [0.1, 0.15) is 0 Å². The number of aliphatic carboxylic acids is 1. The number of carboxylic acids is 1. The topological polar surface area (TPSA) is 75.4 Å². The van der Waals surface area contributed by atoms with Gasteiger partial charge in [-0.25, -0.2) is 0 Å². The summed E-state index contributed by atoms with van der Waals surface area (Å²) >= 11 is 0. The predicted molar refractivity (Wildman–Crippen MR) is 79.5 cm³/mol. The van der Waals surface area contributed by atoms with Crippen molar-refractivity contribution in [1.82, 2.24) is 14.7 Å². The first-order valence-corrected chi connectivity index (χ1v) is 7.08. The van der Waals surface area contributed by atoms with Gasteiger partial charge in [0.25, 0.3) is 5.91 Å². The van der Waals surface area contributed by atoms with Crippen molar-refractivity contribution in [2.45, 2.75) is 19.4 Å².